The van der Waals surface area contributed by atoms with Gasteiger partial charge in [0.2, 0.25) is 0 Å². The van der Waals surface area contributed by atoms with Crippen LogP contribution in [0.1, 0.15) is 4.88 Å². The maximum Gasteiger partial charge on any atom is 0.188 e. The number of para-hydroxylation sites is 1. The van der Waals surface area contributed by atoms with E-state index in [4.69, 9.17) is 16.3 Å². The molecular weight excluding hydrogens is 306 g/mol. The Bertz CT molecular complexity index is 746. The number of nitrogens with zero attached hydrogens (tertiary/aromatic N) is 2. The zero-order valence-corrected chi connectivity index (χ0v) is 12.8. The van der Waals surface area contributed by atoms with Gasteiger partial charge in [0.25, 0.3) is 0 Å². The molecule has 0 aliphatic rings. The summed E-state index contributed by atoms with van der Waals surface area (Å²) in [4.78, 5) is 9.58. The van der Waals surface area contributed by atoms with Gasteiger partial charge in [-0.15, -0.1) is 11.3 Å². The highest BCUT2D eigenvalue weighted by Crippen LogP contribution is 2.28. The van der Waals surface area contributed by atoms with Crippen LogP contribution in [0.3, 0.4) is 0 Å². The second-order valence-electron chi connectivity index (χ2n) is 4.33. The van der Waals surface area contributed by atoms with Crippen molar-refractivity contribution < 1.29 is 4.74 Å². The Kier molecular flexibility index (Phi) is 4.03. The van der Waals surface area contributed by atoms with E-state index in [9.17, 15) is 0 Å². The smallest absolute Gasteiger partial charge is 0.188 e. The van der Waals surface area contributed by atoms with E-state index in [1.165, 1.54) is 0 Å². The number of hydrogen-bond donors (Lipinski definition) is 1. The van der Waals surface area contributed by atoms with E-state index in [1.807, 2.05) is 37.3 Å². The summed E-state index contributed by atoms with van der Waals surface area (Å²) >= 11 is 7.59. The second kappa shape index (κ2) is 6.11. The highest BCUT2D eigenvalue weighted by Gasteiger charge is 2.06. The highest BCUT2D eigenvalue weighted by molar-refractivity contribution is 7.15. The average molecular weight is 318 g/mol. The fraction of sp³-hybridized carbons (Fsp3) is 0.0667. The molecule has 106 valence electrons. The molecule has 0 bridgehead atoms. The van der Waals surface area contributed by atoms with E-state index in [2.05, 4.69) is 15.3 Å². The van der Waals surface area contributed by atoms with Gasteiger partial charge in [-0.3, -0.25) is 0 Å². The number of thiazole rings is 1. The number of hydrogen-bond acceptors (Lipinski definition) is 5. The summed E-state index contributed by atoms with van der Waals surface area (Å²) in [5.74, 6) is 1.97. The van der Waals surface area contributed by atoms with E-state index in [0.717, 1.165) is 15.8 Å². The molecule has 0 fully saturated rings. The normalized spacial score (nSPS) is 10.4. The molecule has 0 saturated carbocycles. The van der Waals surface area contributed by atoms with Crippen LogP contribution in [0.5, 0.6) is 11.5 Å². The lowest BCUT2D eigenvalue weighted by Gasteiger charge is -2.08. The van der Waals surface area contributed by atoms with Crippen LogP contribution >= 0.6 is 22.9 Å². The molecule has 3 rings (SSSR count). The first-order valence-corrected chi connectivity index (χ1v) is 7.48. The lowest BCUT2D eigenvalue weighted by Crippen LogP contribution is -1.94. The van der Waals surface area contributed by atoms with Crippen molar-refractivity contribution in [3.63, 3.8) is 0 Å². The standard InChI is InChI=1S/C15H12ClN3OS/c1-10-9-17-15(21-10)19-14-8-12(7-13(16)18-14)20-11-5-3-2-4-6-11/h2-9H,1H3,(H,17,18,19). The van der Waals surface area contributed by atoms with Crippen LogP contribution < -0.4 is 10.1 Å². The van der Waals surface area contributed by atoms with Gasteiger partial charge in [0.05, 0.1) is 0 Å². The number of benzene rings is 1. The quantitative estimate of drug-likeness (QED) is 0.685. The minimum atomic E-state index is 0.360. The molecule has 0 radical (unpaired) electrons. The summed E-state index contributed by atoms with van der Waals surface area (Å²) in [7, 11) is 0. The molecule has 0 atom stereocenters. The predicted molar refractivity (Wildman–Crippen MR) is 85.9 cm³/mol. The monoisotopic (exact) mass is 317 g/mol. The molecule has 1 N–H and O–H groups in total. The Morgan fingerprint density at radius 1 is 1.14 bits per heavy atom. The van der Waals surface area contributed by atoms with Gasteiger partial charge >= 0.3 is 0 Å². The lowest BCUT2D eigenvalue weighted by atomic mass is 10.3. The maximum absolute atomic E-state index is 6.04. The Morgan fingerprint density at radius 3 is 2.67 bits per heavy atom. The minimum absolute atomic E-state index is 0.360. The van der Waals surface area contributed by atoms with E-state index < -0.39 is 0 Å². The minimum Gasteiger partial charge on any atom is -0.457 e. The lowest BCUT2D eigenvalue weighted by molar-refractivity contribution is 0.482. The molecule has 0 aliphatic heterocycles. The van der Waals surface area contributed by atoms with E-state index >= 15 is 0 Å². The number of pyridine rings is 1. The molecule has 0 spiro atoms. The van der Waals surface area contributed by atoms with Crippen molar-refractivity contribution in [1.29, 1.82) is 0 Å². The fourth-order valence-electron chi connectivity index (χ4n) is 1.74. The van der Waals surface area contributed by atoms with Crippen molar-refractivity contribution in [2.75, 3.05) is 5.32 Å². The van der Waals surface area contributed by atoms with Crippen molar-refractivity contribution >= 4 is 33.9 Å². The first-order chi connectivity index (χ1) is 10.2. The van der Waals surface area contributed by atoms with Crippen molar-refractivity contribution in [3.8, 4) is 11.5 Å². The SMILES string of the molecule is Cc1cnc(Nc2cc(Oc3ccccc3)cc(Cl)n2)s1. The van der Waals surface area contributed by atoms with Crippen LogP contribution in [0.4, 0.5) is 10.9 Å². The van der Waals surface area contributed by atoms with Crippen LogP contribution in [-0.2, 0) is 0 Å². The Morgan fingerprint density at radius 2 is 1.95 bits per heavy atom. The topological polar surface area (TPSA) is 47.0 Å². The third-order valence-corrected chi connectivity index (χ3v) is 3.62. The molecule has 2 heterocycles. The third-order valence-electron chi connectivity index (χ3n) is 2.60. The Labute approximate surface area is 131 Å². The van der Waals surface area contributed by atoms with Gasteiger partial charge in [-0.25, -0.2) is 9.97 Å². The largest absolute Gasteiger partial charge is 0.457 e. The van der Waals surface area contributed by atoms with Crippen LogP contribution in [0.2, 0.25) is 5.15 Å². The molecule has 3 aromatic rings. The fourth-order valence-corrected chi connectivity index (χ4v) is 2.61. The first-order valence-electron chi connectivity index (χ1n) is 6.29. The molecule has 0 aliphatic carbocycles. The van der Waals surface area contributed by atoms with Gasteiger partial charge in [-0.05, 0) is 19.1 Å². The van der Waals surface area contributed by atoms with Crippen LogP contribution in [0, 0.1) is 6.92 Å². The van der Waals surface area contributed by atoms with Gasteiger partial charge in [0.15, 0.2) is 5.13 Å². The predicted octanol–water partition coefficient (Wildman–Crippen LogP) is 5.04. The van der Waals surface area contributed by atoms with E-state index in [0.29, 0.717) is 16.7 Å². The summed E-state index contributed by atoms with van der Waals surface area (Å²) in [6.45, 7) is 2.00. The molecule has 0 amide bonds. The summed E-state index contributed by atoms with van der Waals surface area (Å²) < 4.78 is 5.76. The van der Waals surface area contributed by atoms with Gasteiger partial charge in [0.1, 0.15) is 22.5 Å². The van der Waals surface area contributed by atoms with Crippen molar-refractivity contribution in [2.24, 2.45) is 0 Å². The summed E-state index contributed by atoms with van der Waals surface area (Å²) in [5, 5.41) is 4.26. The zero-order chi connectivity index (χ0) is 14.7. The number of aromatic nitrogens is 2. The molecule has 21 heavy (non-hydrogen) atoms. The van der Waals surface area contributed by atoms with Gasteiger partial charge in [-0.2, -0.15) is 0 Å². The molecule has 0 saturated heterocycles. The van der Waals surface area contributed by atoms with Gasteiger partial charge < -0.3 is 10.1 Å². The van der Waals surface area contributed by atoms with Crippen molar-refractivity contribution in [3.05, 3.63) is 58.7 Å². The second-order valence-corrected chi connectivity index (χ2v) is 5.95. The van der Waals surface area contributed by atoms with Gasteiger partial charge in [-0.1, -0.05) is 29.8 Å². The molecular formula is C15H12ClN3OS. The zero-order valence-electron chi connectivity index (χ0n) is 11.2. The Balaban J connectivity index is 1.82. The molecule has 2 aromatic heterocycles. The van der Waals surface area contributed by atoms with Crippen molar-refractivity contribution in [1.82, 2.24) is 9.97 Å². The maximum atomic E-state index is 6.04. The number of halogens is 1. The Hall–Kier alpha value is -2.11. The van der Waals surface area contributed by atoms with Crippen LogP contribution in [-0.4, -0.2) is 9.97 Å². The third kappa shape index (κ3) is 3.71. The summed E-state index contributed by atoms with van der Waals surface area (Å²) in [6.07, 6.45) is 1.80. The number of anilines is 2. The van der Waals surface area contributed by atoms with Crippen LogP contribution in [0.25, 0.3) is 0 Å². The first kappa shape index (κ1) is 13.9. The number of nitrogens with one attached hydrogen (secondary N) is 1. The van der Waals surface area contributed by atoms with Crippen LogP contribution in [0.15, 0.2) is 48.7 Å². The highest BCUT2D eigenvalue weighted by atomic mass is 35.5. The molecule has 6 heteroatoms. The molecule has 0 unspecified atom stereocenters. The molecule has 4 nitrogen and oxygen atoms in total. The molecule has 1 aromatic carbocycles. The van der Waals surface area contributed by atoms with Crippen molar-refractivity contribution in [2.45, 2.75) is 6.92 Å². The summed E-state index contributed by atoms with van der Waals surface area (Å²) in [5.41, 5.74) is 0. The average Bonchev–Trinajstić information content (AvgIpc) is 2.84. The van der Waals surface area contributed by atoms with Gasteiger partial charge in [0, 0.05) is 23.2 Å². The summed E-state index contributed by atoms with van der Waals surface area (Å²) in [6, 6.07) is 13.0. The number of rotatable bonds is 4. The van der Waals surface area contributed by atoms with E-state index in [-0.39, 0.29) is 0 Å². The number of aryl methyl sites for hydroxylation is 1. The number of ether oxygens (including phenoxy) is 1. The van der Waals surface area contributed by atoms with E-state index in [1.54, 1.807) is 29.7 Å².